The van der Waals surface area contributed by atoms with Crippen LogP contribution in [0.2, 0.25) is 0 Å². The van der Waals surface area contributed by atoms with Crippen LogP contribution in [0.1, 0.15) is 26.2 Å². The fourth-order valence-electron chi connectivity index (χ4n) is 1.22. The summed E-state index contributed by atoms with van der Waals surface area (Å²) in [5, 5.41) is 2.00. The van der Waals surface area contributed by atoms with Crippen molar-refractivity contribution in [3.8, 4) is 0 Å². The van der Waals surface area contributed by atoms with Crippen molar-refractivity contribution in [2.45, 2.75) is 32.3 Å². The SMILES string of the molecule is C=CCCC[C@@H](C=O)OC/C(C)=C/C=C\SC. The van der Waals surface area contributed by atoms with E-state index >= 15 is 0 Å². The van der Waals surface area contributed by atoms with E-state index in [1.807, 2.05) is 36.8 Å². The van der Waals surface area contributed by atoms with Crippen LogP contribution in [0, 0.1) is 0 Å². The molecule has 0 rings (SSSR count). The summed E-state index contributed by atoms with van der Waals surface area (Å²) < 4.78 is 5.52. The molecule has 0 amide bonds. The van der Waals surface area contributed by atoms with Crippen LogP contribution in [0.5, 0.6) is 0 Å². The van der Waals surface area contributed by atoms with Gasteiger partial charge in [0, 0.05) is 0 Å². The molecule has 17 heavy (non-hydrogen) atoms. The quantitative estimate of drug-likeness (QED) is 0.257. The molecule has 96 valence electrons. The van der Waals surface area contributed by atoms with Crippen molar-refractivity contribution >= 4 is 18.0 Å². The van der Waals surface area contributed by atoms with Crippen molar-refractivity contribution in [3.63, 3.8) is 0 Å². The molecule has 0 saturated heterocycles. The smallest absolute Gasteiger partial charge is 0.148 e. The third-order valence-corrected chi connectivity index (χ3v) is 2.60. The van der Waals surface area contributed by atoms with E-state index in [-0.39, 0.29) is 6.10 Å². The van der Waals surface area contributed by atoms with Crippen LogP contribution in [0.25, 0.3) is 0 Å². The third-order valence-electron chi connectivity index (χ3n) is 2.17. The molecule has 0 aromatic heterocycles. The number of hydrogen-bond donors (Lipinski definition) is 0. The van der Waals surface area contributed by atoms with E-state index < -0.39 is 0 Å². The third kappa shape index (κ3) is 10.1. The number of carbonyl (C=O) groups excluding carboxylic acids is 1. The standard InChI is InChI=1S/C14H22O2S/c1-4-5-6-9-14(11-15)16-12-13(2)8-7-10-17-3/h4,7-8,10-11,14H,1,5-6,9,12H2,2-3H3/b10-7-,13-8+/t14-/m0/s1. The Hall–Kier alpha value is -0.800. The molecule has 0 N–H and O–H groups in total. The first-order valence-electron chi connectivity index (χ1n) is 5.77. The number of thioether (sulfide) groups is 1. The topological polar surface area (TPSA) is 26.3 Å². The second kappa shape index (κ2) is 11.7. The molecule has 0 spiro atoms. The highest BCUT2D eigenvalue weighted by Gasteiger charge is 2.06. The average molecular weight is 254 g/mol. The predicted octanol–water partition coefficient (Wildman–Crippen LogP) is 3.75. The van der Waals surface area contributed by atoms with Gasteiger partial charge in [0.2, 0.25) is 0 Å². The minimum absolute atomic E-state index is 0.289. The molecular weight excluding hydrogens is 232 g/mol. The van der Waals surface area contributed by atoms with E-state index in [4.69, 9.17) is 4.74 Å². The zero-order valence-corrected chi connectivity index (χ0v) is 11.5. The van der Waals surface area contributed by atoms with Crippen molar-refractivity contribution in [1.29, 1.82) is 0 Å². The summed E-state index contributed by atoms with van der Waals surface area (Å²) in [4.78, 5) is 10.8. The van der Waals surface area contributed by atoms with Crippen LogP contribution < -0.4 is 0 Å². The van der Waals surface area contributed by atoms with Gasteiger partial charge in [0.1, 0.15) is 12.4 Å². The Balaban J connectivity index is 3.88. The molecule has 1 atom stereocenters. The normalized spacial score (nSPS) is 13.9. The molecule has 0 aromatic rings. The number of ether oxygens (including phenoxy) is 1. The van der Waals surface area contributed by atoms with E-state index in [2.05, 4.69) is 6.58 Å². The molecule has 3 heteroatoms. The molecular formula is C14H22O2S. The van der Waals surface area contributed by atoms with Gasteiger partial charge >= 0.3 is 0 Å². The second-order valence-corrected chi connectivity index (χ2v) is 4.53. The monoisotopic (exact) mass is 254 g/mol. The minimum Gasteiger partial charge on any atom is -0.366 e. The molecule has 2 nitrogen and oxygen atoms in total. The zero-order valence-electron chi connectivity index (χ0n) is 10.7. The van der Waals surface area contributed by atoms with Gasteiger partial charge in [-0.3, -0.25) is 0 Å². The van der Waals surface area contributed by atoms with Crippen molar-refractivity contribution in [3.05, 3.63) is 35.8 Å². The maximum absolute atomic E-state index is 10.8. The van der Waals surface area contributed by atoms with Crippen LogP contribution in [0.4, 0.5) is 0 Å². The number of rotatable bonds is 10. The summed E-state index contributed by atoms with van der Waals surface area (Å²) in [6.45, 7) is 6.16. The number of aldehydes is 1. The molecule has 0 aliphatic rings. The molecule has 0 aliphatic heterocycles. The molecule has 0 aliphatic carbocycles. The van der Waals surface area contributed by atoms with Crippen molar-refractivity contribution in [2.75, 3.05) is 12.9 Å². The van der Waals surface area contributed by atoms with E-state index in [0.29, 0.717) is 6.61 Å². The van der Waals surface area contributed by atoms with Gasteiger partial charge in [-0.05, 0) is 43.4 Å². The van der Waals surface area contributed by atoms with E-state index in [1.54, 1.807) is 11.8 Å². The number of allylic oxidation sites excluding steroid dienone is 3. The lowest BCUT2D eigenvalue weighted by molar-refractivity contribution is -0.117. The molecule has 0 unspecified atom stereocenters. The summed E-state index contributed by atoms with van der Waals surface area (Å²) in [5.41, 5.74) is 1.12. The van der Waals surface area contributed by atoms with Gasteiger partial charge in [-0.2, -0.15) is 0 Å². The second-order valence-electron chi connectivity index (χ2n) is 3.78. The molecule has 0 fully saturated rings. The Morgan fingerprint density at radius 1 is 1.53 bits per heavy atom. The lowest BCUT2D eigenvalue weighted by atomic mass is 10.1. The summed E-state index contributed by atoms with van der Waals surface area (Å²) in [7, 11) is 0. The summed E-state index contributed by atoms with van der Waals surface area (Å²) in [5.74, 6) is 0. The van der Waals surface area contributed by atoms with E-state index in [0.717, 1.165) is 31.1 Å². The Morgan fingerprint density at radius 2 is 2.29 bits per heavy atom. The van der Waals surface area contributed by atoms with Gasteiger partial charge in [-0.1, -0.05) is 18.2 Å². The van der Waals surface area contributed by atoms with Gasteiger partial charge in [-0.15, -0.1) is 18.3 Å². The average Bonchev–Trinajstić information content (AvgIpc) is 2.34. The highest BCUT2D eigenvalue weighted by atomic mass is 32.2. The minimum atomic E-state index is -0.289. The Kier molecular flexibility index (Phi) is 11.1. The summed E-state index contributed by atoms with van der Waals surface area (Å²) in [6.07, 6.45) is 11.1. The number of carbonyl (C=O) groups is 1. The zero-order chi connectivity index (χ0) is 12.9. The highest BCUT2D eigenvalue weighted by Crippen LogP contribution is 2.06. The van der Waals surface area contributed by atoms with Crippen molar-refractivity contribution < 1.29 is 9.53 Å². The van der Waals surface area contributed by atoms with Gasteiger partial charge < -0.3 is 9.53 Å². The largest absolute Gasteiger partial charge is 0.366 e. The molecule has 0 bridgehead atoms. The molecule has 0 saturated carbocycles. The van der Waals surface area contributed by atoms with Crippen LogP contribution in [0.15, 0.2) is 35.8 Å². The maximum Gasteiger partial charge on any atom is 0.148 e. The van der Waals surface area contributed by atoms with Gasteiger partial charge in [0.05, 0.1) is 6.61 Å². The first kappa shape index (κ1) is 16.2. The Morgan fingerprint density at radius 3 is 2.88 bits per heavy atom. The van der Waals surface area contributed by atoms with Crippen molar-refractivity contribution in [1.82, 2.24) is 0 Å². The van der Waals surface area contributed by atoms with Crippen LogP contribution in [-0.4, -0.2) is 25.3 Å². The first-order valence-corrected chi connectivity index (χ1v) is 7.06. The van der Waals surface area contributed by atoms with Crippen molar-refractivity contribution in [2.24, 2.45) is 0 Å². The number of unbranched alkanes of at least 4 members (excludes halogenated alkanes) is 1. The first-order chi connectivity index (χ1) is 8.24. The van der Waals surface area contributed by atoms with Gasteiger partial charge in [0.15, 0.2) is 0 Å². The maximum atomic E-state index is 10.8. The van der Waals surface area contributed by atoms with Crippen LogP contribution >= 0.6 is 11.8 Å². The fraction of sp³-hybridized carbons (Fsp3) is 0.500. The predicted molar refractivity (Wildman–Crippen MR) is 76.3 cm³/mol. The molecule has 0 radical (unpaired) electrons. The van der Waals surface area contributed by atoms with Crippen LogP contribution in [-0.2, 0) is 9.53 Å². The van der Waals surface area contributed by atoms with Gasteiger partial charge in [0.25, 0.3) is 0 Å². The lowest BCUT2D eigenvalue weighted by Gasteiger charge is -2.11. The van der Waals surface area contributed by atoms with E-state index in [9.17, 15) is 4.79 Å². The number of hydrogen-bond acceptors (Lipinski definition) is 3. The highest BCUT2D eigenvalue weighted by molar-refractivity contribution is 8.01. The lowest BCUT2D eigenvalue weighted by Crippen LogP contribution is -2.15. The molecule has 0 heterocycles. The summed E-state index contributed by atoms with van der Waals surface area (Å²) in [6, 6.07) is 0. The van der Waals surface area contributed by atoms with E-state index in [1.165, 1.54) is 0 Å². The van der Waals surface area contributed by atoms with Gasteiger partial charge in [-0.25, -0.2) is 0 Å². The Bertz CT molecular complexity index is 269. The fourth-order valence-corrected chi connectivity index (χ4v) is 1.46. The Labute approximate surface area is 109 Å². The molecule has 0 aromatic carbocycles. The van der Waals surface area contributed by atoms with Crippen LogP contribution in [0.3, 0.4) is 0 Å². The summed E-state index contributed by atoms with van der Waals surface area (Å²) >= 11 is 1.65.